The molecule has 0 aliphatic carbocycles. The van der Waals surface area contributed by atoms with Crippen LogP contribution < -0.4 is 5.32 Å². The molecule has 9 heteroatoms. The summed E-state index contributed by atoms with van der Waals surface area (Å²) in [7, 11) is 1.40. The smallest absolute Gasteiger partial charge is 0.409 e. The van der Waals surface area contributed by atoms with E-state index in [2.05, 4.69) is 44.5 Å². The van der Waals surface area contributed by atoms with Crippen LogP contribution in [0.3, 0.4) is 0 Å². The third-order valence-electron chi connectivity index (χ3n) is 7.05. The number of likely N-dealkylation sites (tertiary alicyclic amines) is 1. The molecule has 2 aromatic heterocycles. The number of methoxy groups -OCH3 is 1. The first kappa shape index (κ1) is 25.0. The van der Waals surface area contributed by atoms with E-state index in [1.807, 2.05) is 31.2 Å². The molecule has 1 fully saturated rings. The van der Waals surface area contributed by atoms with E-state index in [4.69, 9.17) is 4.74 Å². The third kappa shape index (κ3) is 5.75. The number of aromatic amines is 1. The number of hydrogen-bond acceptors (Lipinski definition) is 7. The molecule has 4 rings (SSSR count). The molecule has 1 atom stereocenters. The topological polar surface area (TPSA) is 131 Å². The SMILES string of the molecule is COC(=O)N1CCC(CCC#N)(Cc2cccc([C@@H](CC#N)Nc3nc4nc(C)ccc4[nH]3)c2)CC1. The lowest BCUT2D eigenvalue weighted by Crippen LogP contribution is -2.44. The van der Waals surface area contributed by atoms with E-state index in [1.54, 1.807) is 4.90 Å². The van der Waals surface area contributed by atoms with Gasteiger partial charge < -0.3 is 19.9 Å². The molecule has 3 aromatic rings. The standard InChI is InChI=1S/C27H31N7O2/c1-19-7-8-23-24(30-19)33-25(32-23)31-22(9-14-29)21-6-3-5-20(17-21)18-27(10-4-13-28)11-15-34(16-12-27)26(35)36-2/h3,5-8,17,22H,4,9-12,15-16,18H2,1-2H3,(H2,30,31,32,33)/t22-/m1/s1. The van der Waals surface area contributed by atoms with Crippen LogP contribution in [0.15, 0.2) is 36.4 Å². The number of benzene rings is 1. The fourth-order valence-corrected chi connectivity index (χ4v) is 5.05. The van der Waals surface area contributed by atoms with Crippen LogP contribution in [0.5, 0.6) is 0 Å². The highest BCUT2D eigenvalue weighted by atomic mass is 16.5. The fraction of sp³-hybridized carbons (Fsp3) is 0.444. The van der Waals surface area contributed by atoms with Crippen molar-refractivity contribution < 1.29 is 9.53 Å². The minimum absolute atomic E-state index is 0.0563. The number of nitriles is 2. The predicted octanol–water partition coefficient (Wildman–Crippen LogP) is 5.03. The van der Waals surface area contributed by atoms with Crippen LogP contribution in [0.25, 0.3) is 11.2 Å². The Morgan fingerprint density at radius 1 is 1.22 bits per heavy atom. The number of anilines is 1. The molecular formula is C27H31N7O2. The summed E-state index contributed by atoms with van der Waals surface area (Å²) in [5.74, 6) is 0.578. The molecule has 0 unspecified atom stereocenters. The molecule has 1 aromatic carbocycles. The zero-order valence-electron chi connectivity index (χ0n) is 20.8. The zero-order chi connectivity index (χ0) is 25.5. The highest BCUT2D eigenvalue weighted by Gasteiger charge is 2.36. The molecule has 1 aliphatic heterocycles. The Hall–Kier alpha value is -4.11. The maximum Gasteiger partial charge on any atom is 0.409 e. The second-order valence-corrected chi connectivity index (χ2v) is 9.51. The summed E-state index contributed by atoms with van der Waals surface area (Å²) in [5, 5.41) is 22.1. The van der Waals surface area contributed by atoms with Crippen molar-refractivity contribution in [3.8, 4) is 12.1 Å². The number of fused-ring (bicyclic) bond motifs is 1. The normalized spacial score (nSPS) is 15.6. The molecule has 0 saturated carbocycles. The van der Waals surface area contributed by atoms with Crippen molar-refractivity contribution in [2.45, 2.75) is 51.5 Å². The molecule has 1 aliphatic rings. The van der Waals surface area contributed by atoms with Gasteiger partial charge in [0, 0.05) is 25.2 Å². The van der Waals surface area contributed by atoms with Crippen molar-refractivity contribution in [3.05, 3.63) is 53.2 Å². The second kappa shape index (κ2) is 11.1. The molecule has 186 valence electrons. The van der Waals surface area contributed by atoms with E-state index in [0.717, 1.165) is 48.0 Å². The minimum Gasteiger partial charge on any atom is -0.453 e. The highest BCUT2D eigenvalue weighted by molar-refractivity contribution is 5.73. The van der Waals surface area contributed by atoms with Gasteiger partial charge >= 0.3 is 6.09 Å². The first-order valence-electron chi connectivity index (χ1n) is 12.2. The predicted molar refractivity (Wildman–Crippen MR) is 136 cm³/mol. The van der Waals surface area contributed by atoms with Gasteiger partial charge in [0.05, 0.1) is 37.2 Å². The Morgan fingerprint density at radius 3 is 2.75 bits per heavy atom. The van der Waals surface area contributed by atoms with E-state index < -0.39 is 0 Å². The lowest BCUT2D eigenvalue weighted by atomic mass is 9.70. The van der Waals surface area contributed by atoms with Gasteiger partial charge in [0.25, 0.3) is 0 Å². The number of aryl methyl sites for hydroxylation is 1. The first-order chi connectivity index (χ1) is 17.4. The van der Waals surface area contributed by atoms with Gasteiger partial charge in [0.15, 0.2) is 5.65 Å². The number of hydrogen-bond donors (Lipinski definition) is 2. The van der Waals surface area contributed by atoms with Crippen LogP contribution >= 0.6 is 0 Å². The van der Waals surface area contributed by atoms with E-state index in [1.165, 1.54) is 7.11 Å². The minimum atomic E-state index is -0.299. The van der Waals surface area contributed by atoms with Gasteiger partial charge in [-0.15, -0.1) is 0 Å². The van der Waals surface area contributed by atoms with Crippen molar-refractivity contribution in [3.63, 3.8) is 0 Å². The number of carbonyl (C=O) groups excluding carboxylic acids is 1. The number of rotatable bonds is 8. The zero-order valence-corrected chi connectivity index (χ0v) is 20.8. The lowest BCUT2D eigenvalue weighted by molar-refractivity contribution is 0.0736. The van der Waals surface area contributed by atoms with Crippen LogP contribution in [0.2, 0.25) is 0 Å². The number of amides is 1. The summed E-state index contributed by atoms with van der Waals surface area (Å²) in [4.78, 5) is 25.9. The summed E-state index contributed by atoms with van der Waals surface area (Å²) in [5.41, 5.74) is 4.47. The van der Waals surface area contributed by atoms with Crippen molar-refractivity contribution in [1.29, 1.82) is 10.5 Å². The van der Waals surface area contributed by atoms with Crippen LogP contribution in [0.4, 0.5) is 10.7 Å². The van der Waals surface area contributed by atoms with Gasteiger partial charge in [-0.1, -0.05) is 24.3 Å². The molecular weight excluding hydrogens is 454 g/mol. The summed E-state index contributed by atoms with van der Waals surface area (Å²) >= 11 is 0. The summed E-state index contributed by atoms with van der Waals surface area (Å²) in [6.45, 7) is 3.17. The van der Waals surface area contributed by atoms with E-state index in [9.17, 15) is 15.3 Å². The Labute approximate surface area is 211 Å². The largest absolute Gasteiger partial charge is 0.453 e. The number of H-pyrrole nitrogens is 1. The number of nitrogens with zero attached hydrogens (tertiary/aromatic N) is 5. The van der Waals surface area contributed by atoms with Crippen LogP contribution in [-0.4, -0.2) is 46.1 Å². The Balaban J connectivity index is 1.53. The molecule has 0 bridgehead atoms. The molecule has 3 heterocycles. The van der Waals surface area contributed by atoms with Crippen molar-refractivity contribution >= 4 is 23.2 Å². The van der Waals surface area contributed by atoms with Gasteiger partial charge in [-0.05, 0) is 61.3 Å². The first-order valence-corrected chi connectivity index (χ1v) is 12.2. The number of ether oxygens (including phenoxy) is 1. The molecule has 1 saturated heterocycles. The molecule has 9 nitrogen and oxygen atoms in total. The molecule has 2 N–H and O–H groups in total. The number of pyridine rings is 1. The van der Waals surface area contributed by atoms with Crippen molar-refractivity contribution in [1.82, 2.24) is 19.9 Å². The third-order valence-corrected chi connectivity index (χ3v) is 7.05. The van der Waals surface area contributed by atoms with Crippen LogP contribution in [0.1, 0.15) is 55.0 Å². The number of nitrogens with one attached hydrogen (secondary N) is 2. The Kier molecular flexibility index (Phi) is 7.70. The fourth-order valence-electron chi connectivity index (χ4n) is 5.05. The van der Waals surface area contributed by atoms with Gasteiger partial charge in [-0.25, -0.2) is 9.78 Å². The molecule has 36 heavy (non-hydrogen) atoms. The highest BCUT2D eigenvalue weighted by Crippen LogP contribution is 2.40. The quantitative estimate of drug-likeness (QED) is 0.457. The summed E-state index contributed by atoms with van der Waals surface area (Å²) in [6, 6.07) is 16.5. The van der Waals surface area contributed by atoms with Crippen molar-refractivity contribution in [2.24, 2.45) is 5.41 Å². The van der Waals surface area contributed by atoms with E-state index >= 15 is 0 Å². The maximum absolute atomic E-state index is 12.0. The van der Waals surface area contributed by atoms with Gasteiger partial charge in [-0.3, -0.25) is 0 Å². The number of piperidine rings is 1. The molecule has 0 radical (unpaired) electrons. The number of imidazole rings is 1. The van der Waals surface area contributed by atoms with E-state index in [-0.39, 0.29) is 24.0 Å². The Bertz CT molecular complexity index is 1300. The summed E-state index contributed by atoms with van der Waals surface area (Å²) < 4.78 is 4.89. The Morgan fingerprint density at radius 2 is 2.03 bits per heavy atom. The number of carbonyl (C=O) groups is 1. The van der Waals surface area contributed by atoms with Crippen molar-refractivity contribution in [2.75, 3.05) is 25.5 Å². The average molecular weight is 486 g/mol. The van der Waals surface area contributed by atoms with Gasteiger partial charge in [-0.2, -0.15) is 15.5 Å². The van der Waals surface area contributed by atoms with Crippen LogP contribution in [0, 0.1) is 35.0 Å². The maximum atomic E-state index is 12.0. The van der Waals surface area contributed by atoms with Crippen LogP contribution in [-0.2, 0) is 11.2 Å². The monoisotopic (exact) mass is 485 g/mol. The molecule has 0 spiro atoms. The summed E-state index contributed by atoms with van der Waals surface area (Å²) in [6.07, 6.45) is 3.70. The second-order valence-electron chi connectivity index (χ2n) is 9.51. The lowest BCUT2D eigenvalue weighted by Gasteiger charge is -2.41. The average Bonchev–Trinajstić information content (AvgIpc) is 3.29. The number of aromatic nitrogens is 3. The van der Waals surface area contributed by atoms with Gasteiger partial charge in [0.2, 0.25) is 5.95 Å². The molecule has 1 amide bonds. The van der Waals surface area contributed by atoms with E-state index in [0.29, 0.717) is 31.1 Å². The van der Waals surface area contributed by atoms with Gasteiger partial charge in [0.1, 0.15) is 0 Å².